The maximum absolute atomic E-state index is 12.1. The van der Waals surface area contributed by atoms with E-state index in [9.17, 15) is 4.79 Å². The van der Waals surface area contributed by atoms with Gasteiger partial charge in [-0.2, -0.15) is 0 Å². The number of benzene rings is 2. The lowest BCUT2D eigenvalue weighted by Crippen LogP contribution is -2.38. The Hall–Kier alpha value is -2.47. The number of rotatable bonds is 9. The number of carbonyl (C=O) groups excluding carboxylic acids is 1. The van der Waals surface area contributed by atoms with E-state index in [4.69, 9.17) is 0 Å². The first-order valence-electron chi connectivity index (χ1n) is 9.22. The molecule has 27 heavy (non-hydrogen) atoms. The monoisotopic (exact) mass is 384 g/mol. The molecule has 2 rings (SSSR count). The SMILES string of the molecule is CCCNC(=O)c1cccc(CNC(=NC)NCCSc2ccccc2)c1. The van der Waals surface area contributed by atoms with Crippen LogP contribution in [-0.4, -0.2) is 37.8 Å². The van der Waals surface area contributed by atoms with Crippen LogP contribution in [0, 0.1) is 0 Å². The molecule has 0 heterocycles. The Morgan fingerprint density at radius 1 is 1.00 bits per heavy atom. The first-order chi connectivity index (χ1) is 13.2. The van der Waals surface area contributed by atoms with Gasteiger partial charge in [0.15, 0.2) is 5.96 Å². The van der Waals surface area contributed by atoms with Crippen molar-refractivity contribution in [1.29, 1.82) is 0 Å². The molecule has 0 aromatic heterocycles. The molecule has 2 aromatic carbocycles. The molecule has 0 unspecified atom stereocenters. The lowest BCUT2D eigenvalue weighted by Gasteiger charge is -2.12. The molecule has 0 saturated heterocycles. The van der Waals surface area contributed by atoms with E-state index in [-0.39, 0.29) is 5.91 Å². The molecule has 5 nitrogen and oxygen atoms in total. The van der Waals surface area contributed by atoms with Gasteiger partial charge in [-0.15, -0.1) is 11.8 Å². The second-order valence-corrected chi connectivity index (χ2v) is 7.14. The van der Waals surface area contributed by atoms with Gasteiger partial charge in [-0.3, -0.25) is 9.79 Å². The summed E-state index contributed by atoms with van der Waals surface area (Å²) >= 11 is 1.81. The summed E-state index contributed by atoms with van der Waals surface area (Å²) in [6, 6.07) is 18.0. The van der Waals surface area contributed by atoms with Crippen LogP contribution in [0.25, 0.3) is 0 Å². The molecule has 0 aliphatic carbocycles. The Bertz CT molecular complexity index is 734. The minimum absolute atomic E-state index is 0.0286. The number of amides is 1. The van der Waals surface area contributed by atoms with Crippen molar-refractivity contribution in [1.82, 2.24) is 16.0 Å². The van der Waals surface area contributed by atoms with Crippen LogP contribution in [0.3, 0.4) is 0 Å². The van der Waals surface area contributed by atoms with E-state index < -0.39 is 0 Å². The van der Waals surface area contributed by atoms with E-state index in [0.29, 0.717) is 18.7 Å². The van der Waals surface area contributed by atoms with Gasteiger partial charge in [-0.05, 0) is 36.2 Å². The molecule has 3 N–H and O–H groups in total. The summed E-state index contributed by atoms with van der Waals surface area (Å²) in [6.07, 6.45) is 0.928. The van der Waals surface area contributed by atoms with Gasteiger partial charge in [0, 0.05) is 42.9 Å². The Balaban J connectivity index is 1.76. The summed E-state index contributed by atoms with van der Waals surface area (Å²) in [5, 5.41) is 9.51. The molecule has 0 atom stereocenters. The molecule has 0 aliphatic rings. The third kappa shape index (κ3) is 7.74. The smallest absolute Gasteiger partial charge is 0.251 e. The molecule has 0 radical (unpaired) electrons. The second kappa shape index (κ2) is 12.0. The van der Waals surface area contributed by atoms with Gasteiger partial charge < -0.3 is 16.0 Å². The third-order valence-electron chi connectivity index (χ3n) is 3.81. The van der Waals surface area contributed by atoms with Crippen LogP contribution >= 0.6 is 11.8 Å². The number of hydrogen-bond acceptors (Lipinski definition) is 3. The van der Waals surface area contributed by atoms with Crippen LogP contribution < -0.4 is 16.0 Å². The number of nitrogens with zero attached hydrogens (tertiary/aromatic N) is 1. The zero-order valence-electron chi connectivity index (χ0n) is 16.0. The third-order valence-corrected chi connectivity index (χ3v) is 4.83. The number of hydrogen-bond donors (Lipinski definition) is 3. The van der Waals surface area contributed by atoms with Gasteiger partial charge in [-0.25, -0.2) is 0 Å². The molecule has 1 amide bonds. The van der Waals surface area contributed by atoms with Crippen molar-refractivity contribution in [2.24, 2.45) is 4.99 Å². The normalized spacial score (nSPS) is 11.1. The summed E-state index contributed by atoms with van der Waals surface area (Å²) in [6.45, 7) is 4.16. The zero-order chi connectivity index (χ0) is 19.3. The predicted octanol–water partition coefficient (Wildman–Crippen LogP) is 3.28. The minimum Gasteiger partial charge on any atom is -0.356 e. The van der Waals surface area contributed by atoms with Gasteiger partial charge in [-0.1, -0.05) is 37.3 Å². The summed E-state index contributed by atoms with van der Waals surface area (Å²) in [5.41, 5.74) is 1.73. The highest BCUT2D eigenvalue weighted by atomic mass is 32.2. The van der Waals surface area contributed by atoms with Crippen LogP contribution in [0.1, 0.15) is 29.3 Å². The average molecular weight is 385 g/mol. The van der Waals surface area contributed by atoms with Crippen molar-refractivity contribution >= 4 is 23.6 Å². The summed E-state index contributed by atoms with van der Waals surface area (Å²) in [7, 11) is 1.76. The lowest BCUT2D eigenvalue weighted by molar-refractivity contribution is 0.0953. The fourth-order valence-corrected chi connectivity index (χ4v) is 3.21. The van der Waals surface area contributed by atoms with Crippen molar-refractivity contribution in [3.05, 3.63) is 65.7 Å². The fourth-order valence-electron chi connectivity index (χ4n) is 2.42. The molecule has 2 aromatic rings. The predicted molar refractivity (Wildman–Crippen MR) is 114 cm³/mol. The second-order valence-electron chi connectivity index (χ2n) is 5.97. The summed E-state index contributed by atoms with van der Waals surface area (Å²) in [5.74, 6) is 1.68. The fraction of sp³-hybridized carbons (Fsp3) is 0.333. The van der Waals surface area contributed by atoms with Crippen LogP contribution in [0.2, 0.25) is 0 Å². The van der Waals surface area contributed by atoms with Crippen molar-refractivity contribution < 1.29 is 4.79 Å². The van der Waals surface area contributed by atoms with Crippen molar-refractivity contribution in [3.63, 3.8) is 0 Å². The molecule has 0 spiro atoms. The first kappa shape index (κ1) is 20.8. The summed E-state index contributed by atoms with van der Waals surface area (Å²) in [4.78, 5) is 17.6. The standard InChI is InChI=1S/C21H28N4OS/c1-3-12-23-20(26)18-9-7-8-17(15-18)16-25-21(22-2)24-13-14-27-19-10-5-4-6-11-19/h4-11,15H,3,12-14,16H2,1-2H3,(H,23,26)(H2,22,24,25). The molecular formula is C21H28N4OS. The van der Waals surface area contributed by atoms with Crippen molar-refractivity contribution in [2.45, 2.75) is 24.8 Å². The van der Waals surface area contributed by atoms with E-state index >= 15 is 0 Å². The van der Waals surface area contributed by atoms with E-state index in [2.05, 4.69) is 33.1 Å². The van der Waals surface area contributed by atoms with Gasteiger partial charge in [0.05, 0.1) is 0 Å². The van der Waals surface area contributed by atoms with Gasteiger partial charge in [0.25, 0.3) is 5.91 Å². The highest BCUT2D eigenvalue weighted by Gasteiger charge is 2.05. The topological polar surface area (TPSA) is 65.5 Å². The van der Waals surface area contributed by atoms with E-state index in [1.54, 1.807) is 7.05 Å². The van der Waals surface area contributed by atoms with Crippen LogP contribution in [0.15, 0.2) is 64.5 Å². The van der Waals surface area contributed by atoms with Gasteiger partial charge >= 0.3 is 0 Å². The highest BCUT2D eigenvalue weighted by molar-refractivity contribution is 7.99. The largest absolute Gasteiger partial charge is 0.356 e. The molecule has 0 aliphatic heterocycles. The maximum Gasteiger partial charge on any atom is 0.251 e. The molecule has 144 valence electrons. The number of thioether (sulfide) groups is 1. The van der Waals surface area contributed by atoms with Crippen molar-refractivity contribution in [3.8, 4) is 0 Å². The van der Waals surface area contributed by atoms with Crippen molar-refractivity contribution in [2.75, 3.05) is 25.9 Å². The van der Waals surface area contributed by atoms with E-state index in [0.717, 1.165) is 30.2 Å². The Morgan fingerprint density at radius 2 is 1.81 bits per heavy atom. The number of carbonyl (C=O) groups is 1. The van der Waals surface area contributed by atoms with Gasteiger partial charge in [0.2, 0.25) is 0 Å². The Labute approximate surface area is 166 Å². The minimum atomic E-state index is -0.0286. The number of guanidine groups is 1. The number of nitrogens with one attached hydrogen (secondary N) is 3. The summed E-state index contributed by atoms with van der Waals surface area (Å²) < 4.78 is 0. The van der Waals surface area contributed by atoms with E-state index in [1.165, 1.54) is 4.90 Å². The maximum atomic E-state index is 12.1. The molecule has 0 bridgehead atoms. The Kier molecular flexibility index (Phi) is 9.27. The molecule has 0 saturated carbocycles. The van der Waals surface area contributed by atoms with E-state index in [1.807, 2.05) is 61.2 Å². The Morgan fingerprint density at radius 3 is 2.56 bits per heavy atom. The number of aliphatic imine (C=N–C) groups is 1. The molecule has 0 fully saturated rings. The lowest BCUT2D eigenvalue weighted by atomic mass is 10.1. The van der Waals surface area contributed by atoms with Crippen LogP contribution in [0.4, 0.5) is 0 Å². The zero-order valence-corrected chi connectivity index (χ0v) is 16.8. The van der Waals surface area contributed by atoms with Gasteiger partial charge in [0.1, 0.15) is 0 Å². The van der Waals surface area contributed by atoms with Crippen LogP contribution in [0.5, 0.6) is 0 Å². The van der Waals surface area contributed by atoms with Crippen LogP contribution in [-0.2, 0) is 6.54 Å². The average Bonchev–Trinajstić information content (AvgIpc) is 2.72. The molecular weight excluding hydrogens is 356 g/mol. The molecule has 6 heteroatoms. The first-order valence-corrected chi connectivity index (χ1v) is 10.2. The highest BCUT2D eigenvalue weighted by Crippen LogP contribution is 2.15. The quantitative estimate of drug-likeness (QED) is 0.269.